The van der Waals surface area contributed by atoms with E-state index in [1.165, 1.54) is 6.42 Å². The maximum absolute atomic E-state index is 13.7. The first-order valence-electron chi connectivity index (χ1n) is 12.2. The van der Waals surface area contributed by atoms with Crippen molar-refractivity contribution in [2.24, 2.45) is 17.6 Å². The number of thiophene rings is 1. The molecular formula is C28H30ClN3O3S. The number of benzene rings is 2. The Morgan fingerprint density at radius 2 is 1.86 bits per heavy atom. The molecular weight excluding hydrogens is 494 g/mol. The molecule has 2 N–H and O–H groups in total. The van der Waals surface area contributed by atoms with Crippen molar-refractivity contribution in [3.8, 4) is 32.6 Å². The molecule has 0 aliphatic heterocycles. The second-order valence-electron chi connectivity index (χ2n) is 9.38. The summed E-state index contributed by atoms with van der Waals surface area (Å²) in [5.41, 5.74) is 7.53. The van der Waals surface area contributed by atoms with E-state index in [-0.39, 0.29) is 5.56 Å². The highest BCUT2D eigenvalue weighted by Gasteiger charge is 2.24. The lowest BCUT2D eigenvalue weighted by Gasteiger charge is -2.29. The van der Waals surface area contributed by atoms with Crippen molar-refractivity contribution in [3.63, 3.8) is 0 Å². The molecule has 0 amide bonds. The van der Waals surface area contributed by atoms with Gasteiger partial charge in [-0.05, 0) is 80.1 Å². The summed E-state index contributed by atoms with van der Waals surface area (Å²) in [5.74, 6) is 3.06. The predicted octanol–water partition coefficient (Wildman–Crippen LogP) is 6.23. The number of nitrogens with two attached hydrogens (primary N) is 1. The molecule has 5 rings (SSSR count). The number of halogens is 1. The Kier molecular flexibility index (Phi) is 7.32. The number of fused-ring (bicyclic) bond motifs is 1. The Morgan fingerprint density at radius 3 is 2.64 bits per heavy atom. The van der Waals surface area contributed by atoms with Gasteiger partial charge in [0.2, 0.25) is 0 Å². The fourth-order valence-electron chi connectivity index (χ4n) is 5.20. The van der Waals surface area contributed by atoms with Crippen LogP contribution < -0.4 is 20.8 Å². The van der Waals surface area contributed by atoms with Gasteiger partial charge in [-0.15, -0.1) is 11.3 Å². The van der Waals surface area contributed by atoms with E-state index in [1.54, 1.807) is 43.8 Å². The van der Waals surface area contributed by atoms with Crippen LogP contribution in [-0.2, 0) is 6.54 Å². The molecule has 188 valence electrons. The summed E-state index contributed by atoms with van der Waals surface area (Å²) >= 11 is 7.85. The van der Waals surface area contributed by atoms with Crippen LogP contribution in [0.15, 0.2) is 53.3 Å². The summed E-state index contributed by atoms with van der Waals surface area (Å²) in [5, 5.41) is 1.15. The van der Waals surface area contributed by atoms with Gasteiger partial charge < -0.3 is 15.2 Å². The van der Waals surface area contributed by atoms with Gasteiger partial charge in [-0.2, -0.15) is 0 Å². The van der Waals surface area contributed by atoms with Gasteiger partial charge in [0.05, 0.1) is 30.0 Å². The standard InChI is InChI=1S/C28H30ClN3O3S/c1-34-20-7-9-22(24(14-20)35-2)25-10-11-26(36-25)27-31-23-13-19(29)6-8-21(23)28(33)32(27)16-18-5-3-4-17(12-18)15-30/h6-11,13-14,17-18H,3-5,12,15-16,30H2,1-2H3. The van der Waals surface area contributed by atoms with E-state index in [0.29, 0.717) is 46.7 Å². The summed E-state index contributed by atoms with van der Waals surface area (Å²) in [6, 6.07) is 15.1. The van der Waals surface area contributed by atoms with Crippen LogP contribution in [0.2, 0.25) is 5.02 Å². The van der Waals surface area contributed by atoms with Gasteiger partial charge in [-0.25, -0.2) is 4.98 Å². The third-order valence-corrected chi connectivity index (χ3v) is 8.43. The lowest BCUT2D eigenvalue weighted by atomic mass is 9.81. The van der Waals surface area contributed by atoms with Crippen molar-refractivity contribution in [2.75, 3.05) is 20.8 Å². The van der Waals surface area contributed by atoms with Crippen LogP contribution in [0.25, 0.3) is 32.0 Å². The number of hydrogen-bond donors (Lipinski definition) is 1. The maximum Gasteiger partial charge on any atom is 0.261 e. The summed E-state index contributed by atoms with van der Waals surface area (Å²) < 4.78 is 12.8. The first-order chi connectivity index (χ1) is 17.5. The van der Waals surface area contributed by atoms with E-state index in [1.807, 2.05) is 34.9 Å². The predicted molar refractivity (Wildman–Crippen MR) is 147 cm³/mol. The molecule has 1 fully saturated rings. The third-order valence-electron chi connectivity index (χ3n) is 7.08. The minimum atomic E-state index is -0.0292. The number of nitrogens with zero attached hydrogens (tertiary/aromatic N) is 2. The van der Waals surface area contributed by atoms with Gasteiger partial charge in [0.25, 0.3) is 5.56 Å². The average molecular weight is 524 g/mol. The Morgan fingerprint density at radius 1 is 1.06 bits per heavy atom. The van der Waals surface area contributed by atoms with Crippen LogP contribution in [0.3, 0.4) is 0 Å². The minimum absolute atomic E-state index is 0.0292. The lowest BCUT2D eigenvalue weighted by Crippen LogP contribution is -2.30. The molecule has 4 aromatic rings. The van der Waals surface area contributed by atoms with E-state index in [4.69, 9.17) is 31.8 Å². The lowest BCUT2D eigenvalue weighted by molar-refractivity contribution is 0.246. The fourth-order valence-corrected chi connectivity index (χ4v) is 6.40. The average Bonchev–Trinajstić information content (AvgIpc) is 3.39. The second-order valence-corrected chi connectivity index (χ2v) is 10.9. The molecule has 2 aromatic heterocycles. The number of rotatable bonds is 7. The van der Waals surface area contributed by atoms with Crippen LogP contribution in [0.1, 0.15) is 25.7 Å². The summed E-state index contributed by atoms with van der Waals surface area (Å²) in [6.07, 6.45) is 4.45. The number of aromatic nitrogens is 2. The topological polar surface area (TPSA) is 79.4 Å². The summed E-state index contributed by atoms with van der Waals surface area (Å²) in [4.78, 5) is 20.6. The fraction of sp³-hybridized carbons (Fsp3) is 0.357. The van der Waals surface area contributed by atoms with Crippen molar-refractivity contribution in [2.45, 2.75) is 32.2 Å². The molecule has 1 aliphatic rings. The van der Waals surface area contributed by atoms with E-state index >= 15 is 0 Å². The number of methoxy groups -OCH3 is 2. The van der Waals surface area contributed by atoms with Crippen LogP contribution >= 0.6 is 22.9 Å². The zero-order valence-electron chi connectivity index (χ0n) is 20.5. The molecule has 2 unspecified atom stereocenters. The molecule has 0 bridgehead atoms. The first kappa shape index (κ1) is 24.8. The van der Waals surface area contributed by atoms with Gasteiger partial charge in [0.1, 0.15) is 11.5 Å². The van der Waals surface area contributed by atoms with E-state index in [0.717, 1.165) is 46.1 Å². The highest BCUT2D eigenvalue weighted by Crippen LogP contribution is 2.40. The van der Waals surface area contributed by atoms with Crippen LogP contribution in [0, 0.1) is 11.8 Å². The van der Waals surface area contributed by atoms with E-state index in [2.05, 4.69) is 0 Å². The molecule has 2 atom stereocenters. The Bertz CT molecular complexity index is 1450. The largest absolute Gasteiger partial charge is 0.497 e. The SMILES string of the molecule is COc1ccc(-c2ccc(-c3nc4cc(Cl)ccc4c(=O)n3CC3CCCC(CN)C3)s2)c(OC)c1. The third kappa shape index (κ3) is 4.88. The van der Waals surface area contributed by atoms with Crippen molar-refractivity contribution in [1.29, 1.82) is 0 Å². The van der Waals surface area contributed by atoms with E-state index < -0.39 is 0 Å². The quantitative estimate of drug-likeness (QED) is 0.311. The van der Waals surface area contributed by atoms with Crippen LogP contribution in [-0.4, -0.2) is 30.3 Å². The maximum atomic E-state index is 13.7. The monoisotopic (exact) mass is 523 g/mol. The van der Waals surface area contributed by atoms with Gasteiger partial charge >= 0.3 is 0 Å². The van der Waals surface area contributed by atoms with Gasteiger partial charge in [0.15, 0.2) is 5.82 Å². The molecule has 0 saturated heterocycles. The molecule has 36 heavy (non-hydrogen) atoms. The second kappa shape index (κ2) is 10.6. The normalized spacial score (nSPS) is 17.9. The van der Waals surface area contributed by atoms with Crippen LogP contribution in [0.4, 0.5) is 0 Å². The van der Waals surface area contributed by atoms with Crippen molar-refractivity contribution in [1.82, 2.24) is 9.55 Å². The van der Waals surface area contributed by atoms with Crippen molar-refractivity contribution < 1.29 is 9.47 Å². The molecule has 1 aliphatic carbocycles. The van der Waals surface area contributed by atoms with Crippen molar-refractivity contribution >= 4 is 33.8 Å². The molecule has 2 aromatic carbocycles. The van der Waals surface area contributed by atoms with Gasteiger partial charge in [0, 0.05) is 28.1 Å². The Hall–Kier alpha value is -2.87. The molecule has 2 heterocycles. The Labute approximate surface area is 219 Å². The van der Waals surface area contributed by atoms with Gasteiger partial charge in [-0.1, -0.05) is 18.0 Å². The number of hydrogen-bond acceptors (Lipinski definition) is 6. The van der Waals surface area contributed by atoms with Crippen LogP contribution in [0.5, 0.6) is 11.5 Å². The van der Waals surface area contributed by atoms with Gasteiger partial charge in [-0.3, -0.25) is 9.36 Å². The Balaban J connectivity index is 1.60. The zero-order chi connectivity index (χ0) is 25.2. The first-order valence-corrected chi connectivity index (χ1v) is 13.4. The smallest absolute Gasteiger partial charge is 0.261 e. The highest BCUT2D eigenvalue weighted by molar-refractivity contribution is 7.18. The molecule has 1 saturated carbocycles. The number of ether oxygens (including phenoxy) is 2. The van der Waals surface area contributed by atoms with Crippen molar-refractivity contribution in [3.05, 3.63) is 63.9 Å². The molecule has 8 heteroatoms. The molecule has 6 nitrogen and oxygen atoms in total. The molecule has 0 spiro atoms. The minimum Gasteiger partial charge on any atom is -0.497 e. The summed E-state index contributed by atoms with van der Waals surface area (Å²) in [6.45, 7) is 1.33. The zero-order valence-corrected chi connectivity index (χ0v) is 22.1. The van der Waals surface area contributed by atoms with E-state index in [9.17, 15) is 4.79 Å². The summed E-state index contributed by atoms with van der Waals surface area (Å²) in [7, 11) is 3.29. The molecule has 0 radical (unpaired) electrons. The highest BCUT2D eigenvalue weighted by atomic mass is 35.5.